The Hall–Kier alpha value is -3.11. The summed E-state index contributed by atoms with van der Waals surface area (Å²) in [6.07, 6.45) is 2.39. The molecular weight excluding hydrogens is 364 g/mol. The molecule has 0 saturated heterocycles. The van der Waals surface area contributed by atoms with Crippen LogP contribution in [0.1, 0.15) is 33.3 Å². The van der Waals surface area contributed by atoms with Crippen molar-refractivity contribution in [1.29, 1.82) is 5.26 Å². The lowest BCUT2D eigenvalue weighted by Crippen LogP contribution is -2.20. The first-order valence-electron chi connectivity index (χ1n) is 8.33. The van der Waals surface area contributed by atoms with Gasteiger partial charge in [0.1, 0.15) is 21.7 Å². The second-order valence-corrected chi connectivity index (χ2v) is 6.55. The predicted octanol–water partition coefficient (Wildman–Crippen LogP) is 3.85. The van der Waals surface area contributed by atoms with E-state index in [1.165, 1.54) is 0 Å². The Labute approximate surface area is 162 Å². The molecule has 2 aromatic rings. The summed E-state index contributed by atoms with van der Waals surface area (Å²) in [5.41, 5.74) is 1.67. The molecule has 1 amide bonds. The highest BCUT2D eigenvalue weighted by Gasteiger charge is 2.22. The fourth-order valence-corrected chi connectivity index (χ4v) is 3.47. The van der Waals surface area contributed by atoms with Crippen molar-refractivity contribution < 1.29 is 19.1 Å². The zero-order valence-electron chi connectivity index (χ0n) is 15.2. The minimum absolute atomic E-state index is 0.218. The van der Waals surface area contributed by atoms with E-state index in [9.17, 15) is 14.9 Å². The van der Waals surface area contributed by atoms with Gasteiger partial charge in [-0.3, -0.25) is 4.79 Å². The van der Waals surface area contributed by atoms with Crippen LogP contribution in [0.2, 0.25) is 0 Å². The summed E-state index contributed by atoms with van der Waals surface area (Å²) < 4.78 is 10.6. The van der Waals surface area contributed by atoms with E-state index in [2.05, 4.69) is 11.9 Å². The quantitative estimate of drug-likeness (QED) is 0.552. The monoisotopic (exact) mass is 384 g/mol. The summed E-state index contributed by atoms with van der Waals surface area (Å²) in [6, 6.07) is 9.41. The summed E-state index contributed by atoms with van der Waals surface area (Å²) in [5, 5.41) is 12.3. The molecule has 7 heteroatoms. The molecule has 0 aliphatic heterocycles. The summed E-state index contributed by atoms with van der Waals surface area (Å²) in [6.45, 7) is 7.08. The number of nitrogens with zero attached hydrogens (tertiary/aromatic N) is 1. The first kappa shape index (κ1) is 20.2. The molecule has 0 fully saturated rings. The molecule has 1 N–H and O–H groups in total. The van der Waals surface area contributed by atoms with Gasteiger partial charge in [0.05, 0.1) is 12.2 Å². The van der Waals surface area contributed by atoms with Crippen LogP contribution in [0.5, 0.6) is 5.75 Å². The number of thiophene rings is 1. The zero-order chi connectivity index (χ0) is 19.8. The van der Waals surface area contributed by atoms with Crippen molar-refractivity contribution in [3.63, 3.8) is 0 Å². The first-order valence-corrected chi connectivity index (χ1v) is 9.15. The average molecular weight is 384 g/mol. The van der Waals surface area contributed by atoms with Crippen molar-refractivity contribution in [1.82, 2.24) is 0 Å². The molecule has 1 heterocycles. The van der Waals surface area contributed by atoms with Crippen LogP contribution in [0.15, 0.2) is 36.9 Å². The Morgan fingerprint density at radius 2 is 2.11 bits per heavy atom. The van der Waals surface area contributed by atoms with E-state index < -0.39 is 11.9 Å². The molecule has 0 spiro atoms. The number of ether oxygens (including phenoxy) is 2. The van der Waals surface area contributed by atoms with Crippen molar-refractivity contribution >= 4 is 28.2 Å². The maximum absolute atomic E-state index is 12.3. The molecule has 6 nitrogen and oxygen atoms in total. The molecule has 27 heavy (non-hydrogen) atoms. The molecule has 1 aromatic carbocycles. The molecule has 140 valence electrons. The van der Waals surface area contributed by atoms with E-state index in [0.717, 1.165) is 16.9 Å². The van der Waals surface area contributed by atoms with Crippen molar-refractivity contribution in [3.8, 4) is 11.8 Å². The van der Waals surface area contributed by atoms with Crippen LogP contribution in [-0.4, -0.2) is 25.1 Å². The van der Waals surface area contributed by atoms with Crippen LogP contribution < -0.4 is 10.1 Å². The van der Waals surface area contributed by atoms with Crippen LogP contribution in [0.25, 0.3) is 0 Å². The highest BCUT2D eigenvalue weighted by molar-refractivity contribution is 7.18. The number of benzene rings is 1. The summed E-state index contributed by atoms with van der Waals surface area (Å²) in [7, 11) is 0. The highest BCUT2D eigenvalue weighted by atomic mass is 32.1. The lowest BCUT2D eigenvalue weighted by atomic mass is 10.1. The van der Waals surface area contributed by atoms with Gasteiger partial charge in [0, 0.05) is 0 Å². The average Bonchev–Trinajstić information content (AvgIpc) is 2.96. The van der Waals surface area contributed by atoms with E-state index in [4.69, 9.17) is 9.47 Å². The van der Waals surface area contributed by atoms with Crippen molar-refractivity contribution in [2.24, 2.45) is 0 Å². The maximum Gasteiger partial charge on any atom is 0.348 e. The number of carbonyl (C=O) groups is 2. The molecule has 1 aromatic heterocycles. The third kappa shape index (κ3) is 4.96. The second-order valence-electron chi connectivity index (χ2n) is 5.53. The predicted molar refractivity (Wildman–Crippen MR) is 104 cm³/mol. The number of nitrogens with one attached hydrogen (secondary N) is 1. The van der Waals surface area contributed by atoms with Gasteiger partial charge in [-0.1, -0.05) is 24.3 Å². The Morgan fingerprint density at radius 3 is 2.78 bits per heavy atom. The lowest BCUT2D eigenvalue weighted by Gasteiger charge is -2.10. The smallest absolute Gasteiger partial charge is 0.348 e. The highest BCUT2D eigenvalue weighted by Crippen LogP contribution is 2.33. The number of allylic oxidation sites excluding steroid dienone is 1. The van der Waals surface area contributed by atoms with Crippen LogP contribution >= 0.6 is 11.3 Å². The van der Waals surface area contributed by atoms with E-state index in [1.54, 1.807) is 26.0 Å². The lowest BCUT2D eigenvalue weighted by molar-refractivity contribution is -0.118. The van der Waals surface area contributed by atoms with Crippen LogP contribution in [-0.2, 0) is 16.0 Å². The van der Waals surface area contributed by atoms with E-state index in [-0.39, 0.29) is 18.8 Å². The standard InChI is InChI=1S/C20H20N2O4S/c1-4-8-14-9-6-7-10-16(14)26-12-17(23)22-19-15(11-21)13(3)18(27-19)20(24)25-5-2/h4,6-7,9-10H,1,5,8,12H2,2-3H3,(H,22,23). The van der Waals surface area contributed by atoms with Gasteiger partial charge in [0.15, 0.2) is 6.61 Å². The van der Waals surface area contributed by atoms with Gasteiger partial charge in [-0.15, -0.1) is 17.9 Å². The Morgan fingerprint density at radius 1 is 1.37 bits per heavy atom. The molecule has 2 rings (SSSR count). The van der Waals surface area contributed by atoms with Crippen LogP contribution in [0, 0.1) is 18.3 Å². The van der Waals surface area contributed by atoms with E-state index in [1.807, 2.05) is 24.3 Å². The maximum atomic E-state index is 12.3. The normalized spacial score (nSPS) is 9.96. The molecule has 0 aliphatic carbocycles. The first-order chi connectivity index (χ1) is 13.0. The fourth-order valence-electron chi connectivity index (χ4n) is 2.40. The third-order valence-corrected chi connectivity index (χ3v) is 4.86. The number of para-hydroxylation sites is 1. The van der Waals surface area contributed by atoms with Gasteiger partial charge >= 0.3 is 5.97 Å². The van der Waals surface area contributed by atoms with Crippen LogP contribution in [0.3, 0.4) is 0 Å². The van der Waals surface area contributed by atoms with E-state index in [0.29, 0.717) is 27.6 Å². The van der Waals surface area contributed by atoms with Gasteiger partial charge in [0.2, 0.25) is 0 Å². The second kappa shape index (κ2) is 9.55. The van der Waals surface area contributed by atoms with Crippen molar-refractivity contribution in [3.05, 3.63) is 58.5 Å². The fraction of sp³-hybridized carbons (Fsp3) is 0.250. The van der Waals surface area contributed by atoms with Gasteiger partial charge in [-0.25, -0.2) is 4.79 Å². The summed E-state index contributed by atoms with van der Waals surface area (Å²) in [5.74, 6) is -0.328. The largest absolute Gasteiger partial charge is 0.483 e. The number of esters is 1. The van der Waals surface area contributed by atoms with Gasteiger partial charge < -0.3 is 14.8 Å². The van der Waals surface area contributed by atoms with Gasteiger partial charge in [-0.05, 0) is 37.5 Å². The van der Waals surface area contributed by atoms with Crippen LogP contribution in [0.4, 0.5) is 5.00 Å². The molecule has 0 saturated carbocycles. The number of rotatable bonds is 8. The van der Waals surface area contributed by atoms with E-state index >= 15 is 0 Å². The molecule has 0 atom stereocenters. The van der Waals surface area contributed by atoms with Gasteiger partial charge in [-0.2, -0.15) is 5.26 Å². The third-order valence-electron chi connectivity index (χ3n) is 3.67. The molecule has 0 bridgehead atoms. The Balaban J connectivity index is 2.10. The number of hydrogen-bond acceptors (Lipinski definition) is 6. The number of anilines is 1. The summed E-state index contributed by atoms with van der Waals surface area (Å²) in [4.78, 5) is 24.5. The number of amides is 1. The van der Waals surface area contributed by atoms with Crippen molar-refractivity contribution in [2.75, 3.05) is 18.5 Å². The SMILES string of the molecule is C=CCc1ccccc1OCC(=O)Nc1sc(C(=O)OCC)c(C)c1C#N. The molecular formula is C20H20N2O4S. The number of nitriles is 1. The Bertz CT molecular complexity index is 896. The minimum Gasteiger partial charge on any atom is -0.483 e. The molecule has 0 unspecified atom stereocenters. The Kier molecular flexibility index (Phi) is 7.15. The van der Waals surface area contributed by atoms with Crippen molar-refractivity contribution in [2.45, 2.75) is 20.3 Å². The molecule has 0 aliphatic rings. The summed E-state index contributed by atoms with van der Waals surface area (Å²) >= 11 is 1.02. The zero-order valence-corrected chi connectivity index (χ0v) is 16.0. The van der Waals surface area contributed by atoms with Gasteiger partial charge in [0.25, 0.3) is 5.91 Å². The minimum atomic E-state index is -0.508. The molecule has 0 radical (unpaired) electrons. The topological polar surface area (TPSA) is 88.4 Å². The number of hydrogen-bond donors (Lipinski definition) is 1. The number of carbonyl (C=O) groups excluding carboxylic acids is 2.